The number of rotatable bonds is 8. The number of amides is 2. The van der Waals surface area contributed by atoms with E-state index in [-0.39, 0.29) is 17.4 Å². The molecular weight excluding hydrogens is 476 g/mol. The van der Waals surface area contributed by atoms with E-state index in [1.807, 2.05) is 0 Å². The van der Waals surface area contributed by atoms with Gasteiger partial charge < -0.3 is 14.8 Å². The van der Waals surface area contributed by atoms with Crippen molar-refractivity contribution in [2.75, 3.05) is 27.3 Å². The molecule has 10 heteroatoms. The van der Waals surface area contributed by atoms with Crippen molar-refractivity contribution in [3.05, 3.63) is 58.1 Å². The number of nitrogens with one attached hydrogen (secondary N) is 1. The molecule has 0 fully saturated rings. The number of nitrogens with zero attached hydrogens (tertiary/aromatic N) is 1. The Morgan fingerprint density at radius 2 is 1.80 bits per heavy atom. The minimum Gasteiger partial charge on any atom is -0.496 e. The number of hydrogen-bond acceptors (Lipinski definition) is 6. The summed E-state index contributed by atoms with van der Waals surface area (Å²) in [6, 6.07) is 11.3. The first-order valence-electron chi connectivity index (χ1n) is 9.07. The number of ether oxygens (including phenoxy) is 2. The Morgan fingerprint density at radius 3 is 2.40 bits per heavy atom. The fourth-order valence-electron chi connectivity index (χ4n) is 2.57. The van der Waals surface area contributed by atoms with Crippen molar-refractivity contribution in [3.8, 4) is 5.75 Å². The zero-order valence-corrected chi connectivity index (χ0v) is 19.2. The Labute approximate surface area is 184 Å². The highest BCUT2D eigenvalue weighted by molar-refractivity contribution is 9.10. The molecule has 0 unspecified atom stereocenters. The van der Waals surface area contributed by atoms with E-state index in [0.29, 0.717) is 28.6 Å². The van der Waals surface area contributed by atoms with Crippen molar-refractivity contribution in [1.29, 1.82) is 0 Å². The second kappa shape index (κ2) is 10.4. The highest BCUT2D eigenvalue weighted by atomic mass is 79.9. The molecule has 0 aliphatic carbocycles. The smallest absolute Gasteiger partial charge is 0.423 e. The molecule has 0 bridgehead atoms. The maximum absolute atomic E-state index is 12.5. The van der Waals surface area contributed by atoms with Gasteiger partial charge in [0.25, 0.3) is 15.9 Å². The summed E-state index contributed by atoms with van der Waals surface area (Å²) < 4.78 is 36.2. The third kappa shape index (κ3) is 5.73. The normalized spacial score (nSPS) is 10.9. The fraction of sp³-hybridized carbons (Fsp3) is 0.300. The van der Waals surface area contributed by atoms with Crippen molar-refractivity contribution < 1.29 is 27.5 Å². The van der Waals surface area contributed by atoms with Crippen LogP contribution in [0.3, 0.4) is 0 Å². The molecule has 2 aromatic carbocycles. The first kappa shape index (κ1) is 23.7. The molecule has 0 atom stereocenters. The minimum absolute atomic E-state index is 0.0234. The SMILES string of the molecule is CCOC(=O)N(C)S(=O)(=O)c1ccc(CCNC(=O)c2cc(Br)ccc2OC)cc1. The molecule has 0 aliphatic heterocycles. The van der Waals surface area contributed by atoms with Crippen LogP contribution >= 0.6 is 15.9 Å². The minimum atomic E-state index is -3.99. The van der Waals surface area contributed by atoms with E-state index < -0.39 is 16.1 Å². The van der Waals surface area contributed by atoms with Crippen LogP contribution in [0.1, 0.15) is 22.8 Å². The van der Waals surface area contributed by atoms with E-state index in [1.165, 1.54) is 19.2 Å². The predicted molar refractivity (Wildman–Crippen MR) is 115 cm³/mol. The molecule has 1 N–H and O–H groups in total. The second-order valence-electron chi connectivity index (χ2n) is 6.17. The summed E-state index contributed by atoms with van der Waals surface area (Å²) in [4.78, 5) is 24.1. The van der Waals surface area contributed by atoms with Crippen LogP contribution in [0, 0.1) is 0 Å². The van der Waals surface area contributed by atoms with E-state index in [9.17, 15) is 18.0 Å². The van der Waals surface area contributed by atoms with Gasteiger partial charge in [-0.25, -0.2) is 17.5 Å². The third-order valence-electron chi connectivity index (χ3n) is 4.21. The van der Waals surface area contributed by atoms with Crippen molar-refractivity contribution >= 4 is 38.0 Å². The predicted octanol–water partition coefficient (Wildman–Crippen LogP) is 3.21. The summed E-state index contributed by atoms with van der Waals surface area (Å²) in [5.41, 5.74) is 1.24. The summed E-state index contributed by atoms with van der Waals surface area (Å²) in [7, 11) is -1.35. The molecule has 0 saturated heterocycles. The van der Waals surface area contributed by atoms with Crippen molar-refractivity contribution in [2.45, 2.75) is 18.2 Å². The van der Waals surface area contributed by atoms with Gasteiger partial charge in [-0.3, -0.25) is 4.79 Å². The van der Waals surface area contributed by atoms with Crippen LogP contribution in [0.2, 0.25) is 0 Å². The average molecular weight is 499 g/mol. The number of methoxy groups -OCH3 is 1. The Balaban J connectivity index is 1.99. The van der Waals surface area contributed by atoms with Gasteiger partial charge in [0.2, 0.25) is 0 Å². The molecule has 162 valence electrons. The lowest BCUT2D eigenvalue weighted by atomic mass is 10.1. The fourth-order valence-corrected chi connectivity index (χ4v) is 3.98. The lowest BCUT2D eigenvalue weighted by Gasteiger charge is -2.17. The zero-order valence-electron chi connectivity index (χ0n) is 16.8. The molecule has 2 amide bonds. The van der Waals surface area contributed by atoms with Crippen LogP contribution in [0.25, 0.3) is 0 Å². The van der Waals surface area contributed by atoms with Gasteiger partial charge >= 0.3 is 6.09 Å². The Hall–Kier alpha value is -2.59. The summed E-state index contributed by atoms with van der Waals surface area (Å²) in [5, 5.41) is 2.81. The van der Waals surface area contributed by atoms with Gasteiger partial charge in [-0.2, -0.15) is 0 Å². The lowest BCUT2D eigenvalue weighted by Crippen LogP contribution is -2.33. The van der Waals surface area contributed by atoms with Gasteiger partial charge in [-0.15, -0.1) is 0 Å². The first-order valence-corrected chi connectivity index (χ1v) is 11.3. The molecule has 0 radical (unpaired) electrons. The molecule has 0 aromatic heterocycles. The van der Waals surface area contributed by atoms with Crippen molar-refractivity contribution in [3.63, 3.8) is 0 Å². The molecule has 0 heterocycles. The van der Waals surface area contributed by atoms with Gasteiger partial charge in [0.1, 0.15) is 5.75 Å². The lowest BCUT2D eigenvalue weighted by molar-refractivity contribution is 0.0951. The highest BCUT2D eigenvalue weighted by Crippen LogP contribution is 2.23. The molecule has 30 heavy (non-hydrogen) atoms. The summed E-state index contributed by atoms with van der Waals surface area (Å²) in [6.07, 6.45) is -0.442. The number of halogens is 1. The van der Waals surface area contributed by atoms with Gasteiger partial charge in [-0.1, -0.05) is 28.1 Å². The van der Waals surface area contributed by atoms with Crippen LogP contribution in [0.15, 0.2) is 51.8 Å². The quantitative estimate of drug-likeness (QED) is 0.599. The number of benzene rings is 2. The third-order valence-corrected chi connectivity index (χ3v) is 6.44. The Kier molecular flexibility index (Phi) is 8.24. The van der Waals surface area contributed by atoms with Crippen LogP contribution in [-0.4, -0.2) is 52.0 Å². The molecule has 0 aliphatic rings. The molecule has 2 rings (SSSR count). The highest BCUT2D eigenvalue weighted by Gasteiger charge is 2.26. The van der Waals surface area contributed by atoms with Gasteiger partial charge in [0, 0.05) is 18.1 Å². The van der Waals surface area contributed by atoms with Crippen molar-refractivity contribution in [2.24, 2.45) is 0 Å². The topological polar surface area (TPSA) is 102 Å². The first-order chi connectivity index (χ1) is 14.2. The summed E-state index contributed by atoms with van der Waals surface area (Å²) in [5.74, 6) is 0.194. The monoisotopic (exact) mass is 498 g/mol. The van der Waals surface area contributed by atoms with Crippen LogP contribution in [0.5, 0.6) is 5.75 Å². The van der Waals surface area contributed by atoms with E-state index in [2.05, 4.69) is 21.2 Å². The van der Waals surface area contributed by atoms with Crippen LogP contribution in [0.4, 0.5) is 4.79 Å². The van der Waals surface area contributed by atoms with E-state index in [0.717, 1.165) is 17.1 Å². The largest absolute Gasteiger partial charge is 0.496 e. The standard InChI is InChI=1S/C20H23BrN2O6S/c1-4-29-20(25)23(2)30(26,27)16-8-5-14(6-9-16)11-12-22-19(24)17-13-15(21)7-10-18(17)28-3/h5-10,13H,4,11-12H2,1-3H3,(H,22,24). The molecule has 0 saturated carbocycles. The maximum atomic E-state index is 12.5. The Morgan fingerprint density at radius 1 is 1.13 bits per heavy atom. The number of hydrogen-bond donors (Lipinski definition) is 1. The van der Waals surface area contributed by atoms with Gasteiger partial charge in [-0.05, 0) is 49.2 Å². The summed E-state index contributed by atoms with van der Waals surface area (Å²) >= 11 is 3.33. The van der Waals surface area contributed by atoms with Gasteiger partial charge in [0.05, 0.1) is 24.2 Å². The molecular formula is C20H23BrN2O6S. The number of carbonyl (C=O) groups is 2. The zero-order chi connectivity index (χ0) is 22.3. The van der Waals surface area contributed by atoms with Crippen LogP contribution < -0.4 is 10.1 Å². The molecule has 0 spiro atoms. The number of sulfonamides is 1. The van der Waals surface area contributed by atoms with Gasteiger partial charge in [0.15, 0.2) is 0 Å². The Bertz CT molecular complexity index is 1010. The molecule has 2 aromatic rings. The van der Waals surface area contributed by atoms with E-state index in [1.54, 1.807) is 37.3 Å². The van der Waals surface area contributed by atoms with E-state index >= 15 is 0 Å². The molecule has 8 nitrogen and oxygen atoms in total. The summed E-state index contributed by atoms with van der Waals surface area (Å²) in [6.45, 7) is 2.02. The van der Waals surface area contributed by atoms with Crippen molar-refractivity contribution in [1.82, 2.24) is 9.62 Å². The average Bonchev–Trinajstić information content (AvgIpc) is 2.73. The van der Waals surface area contributed by atoms with Crippen LogP contribution in [-0.2, 0) is 21.2 Å². The number of carbonyl (C=O) groups excluding carboxylic acids is 2. The maximum Gasteiger partial charge on any atom is 0.423 e. The van der Waals surface area contributed by atoms with E-state index in [4.69, 9.17) is 9.47 Å². The second-order valence-corrected chi connectivity index (χ2v) is 9.05.